The minimum atomic E-state index is 0.377. The number of aromatic nitrogens is 2. The highest BCUT2D eigenvalue weighted by molar-refractivity contribution is 5.30. The van der Waals surface area contributed by atoms with Gasteiger partial charge in [0, 0.05) is 18.9 Å². The number of rotatable bonds is 14. The van der Waals surface area contributed by atoms with E-state index in [2.05, 4.69) is 40.1 Å². The summed E-state index contributed by atoms with van der Waals surface area (Å²) < 4.78 is 5.70. The van der Waals surface area contributed by atoms with Gasteiger partial charge < -0.3 is 15.0 Å². The van der Waals surface area contributed by atoms with Crippen LogP contribution in [0.1, 0.15) is 51.5 Å². The summed E-state index contributed by atoms with van der Waals surface area (Å²) in [5.74, 6) is 0.769. The largest absolute Gasteiger partial charge is 0.424 e. The van der Waals surface area contributed by atoms with Gasteiger partial charge in [0.05, 0.1) is 0 Å². The molecule has 0 aliphatic rings. The lowest BCUT2D eigenvalue weighted by molar-refractivity contribution is 0.261. The van der Waals surface area contributed by atoms with Gasteiger partial charge in [-0.05, 0) is 69.2 Å². The van der Waals surface area contributed by atoms with E-state index in [4.69, 9.17) is 4.74 Å². The lowest BCUT2D eigenvalue weighted by atomic mass is 10.2. The molecule has 2 rings (SSSR count). The molecular formula is C22H34N4O. The maximum Gasteiger partial charge on any atom is 0.321 e. The number of hydrogen-bond acceptors (Lipinski definition) is 5. The van der Waals surface area contributed by atoms with E-state index in [-0.39, 0.29) is 0 Å². The van der Waals surface area contributed by atoms with Crippen LogP contribution in [-0.2, 0) is 6.54 Å². The van der Waals surface area contributed by atoms with Crippen molar-refractivity contribution >= 4 is 0 Å². The van der Waals surface area contributed by atoms with Crippen LogP contribution in [0, 0.1) is 0 Å². The zero-order valence-corrected chi connectivity index (χ0v) is 16.9. The van der Waals surface area contributed by atoms with E-state index in [1.165, 1.54) is 57.3 Å². The second-order valence-electron chi connectivity index (χ2n) is 6.86. The van der Waals surface area contributed by atoms with Crippen molar-refractivity contribution in [3.63, 3.8) is 0 Å². The maximum atomic E-state index is 5.70. The Kier molecular flexibility index (Phi) is 10.4. The Bertz CT molecular complexity index is 613. The number of benzene rings is 1. The standard InChI is InChI=1S/C22H34N4O/c1-3-5-15-26(16-6-4-2)17-9-12-23-19-20-10-7-11-21(18-20)27-22-24-13-8-14-25-22/h7-8,10-11,13-14,18,23H,3-6,9,12,15-17,19H2,1-2H3. The molecule has 0 fully saturated rings. The molecule has 5 heteroatoms. The molecule has 0 bridgehead atoms. The predicted molar refractivity (Wildman–Crippen MR) is 111 cm³/mol. The van der Waals surface area contributed by atoms with Crippen LogP contribution < -0.4 is 10.1 Å². The molecule has 0 amide bonds. The Morgan fingerprint density at radius 1 is 0.926 bits per heavy atom. The Morgan fingerprint density at radius 2 is 1.63 bits per heavy atom. The van der Waals surface area contributed by atoms with Crippen molar-refractivity contribution in [1.82, 2.24) is 20.2 Å². The minimum absolute atomic E-state index is 0.377. The lowest BCUT2D eigenvalue weighted by Gasteiger charge is -2.22. The highest BCUT2D eigenvalue weighted by Gasteiger charge is 2.04. The minimum Gasteiger partial charge on any atom is -0.424 e. The molecule has 0 unspecified atom stereocenters. The normalized spacial score (nSPS) is 11.1. The van der Waals surface area contributed by atoms with E-state index in [1.807, 2.05) is 18.2 Å². The summed E-state index contributed by atoms with van der Waals surface area (Å²) in [4.78, 5) is 10.8. The Morgan fingerprint density at radius 3 is 2.33 bits per heavy atom. The first-order valence-corrected chi connectivity index (χ1v) is 10.3. The molecule has 0 atom stereocenters. The third-order valence-electron chi connectivity index (χ3n) is 4.46. The SMILES string of the molecule is CCCCN(CCCC)CCCNCc1cccc(Oc2ncccn2)c1. The van der Waals surface area contributed by atoms with Gasteiger partial charge in [0.1, 0.15) is 5.75 Å². The molecule has 1 aromatic heterocycles. The predicted octanol–water partition coefficient (Wildman–Crippen LogP) is 4.65. The van der Waals surface area contributed by atoms with Gasteiger partial charge in [0.15, 0.2) is 0 Å². The molecule has 1 N–H and O–H groups in total. The molecule has 0 saturated heterocycles. The van der Waals surface area contributed by atoms with Crippen molar-refractivity contribution in [3.8, 4) is 11.8 Å². The molecule has 1 aromatic carbocycles. The van der Waals surface area contributed by atoms with Crippen molar-refractivity contribution in [2.24, 2.45) is 0 Å². The van der Waals surface area contributed by atoms with Crippen molar-refractivity contribution in [2.75, 3.05) is 26.2 Å². The summed E-state index contributed by atoms with van der Waals surface area (Å²) in [5.41, 5.74) is 1.21. The molecule has 2 aromatic rings. The van der Waals surface area contributed by atoms with Crippen LogP contribution in [-0.4, -0.2) is 41.0 Å². The zero-order chi connectivity index (χ0) is 19.2. The smallest absolute Gasteiger partial charge is 0.321 e. The number of ether oxygens (including phenoxy) is 1. The first-order valence-electron chi connectivity index (χ1n) is 10.3. The van der Waals surface area contributed by atoms with E-state index in [9.17, 15) is 0 Å². The van der Waals surface area contributed by atoms with Gasteiger partial charge in [-0.2, -0.15) is 0 Å². The average Bonchev–Trinajstić information content (AvgIpc) is 2.70. The quantitative estimate of drug-likeness (QED) is 0.491. The summed E-state index contributed by atoms with van der Waals surface area (Å²) >= 11 is 0. The molecule has 0 radical (unpaired) electrons. The van der Waals surface area contributed by atoms with Crippen LogP contribution in [0.5, 0.6) is 11.8 Å². The third kappa shape index (κ3) is 8.98. The van der Waals surface area contributed by atoms with E-state index in [0.29, 0.717) is 6.01 Å². The van der Waals surface area contributed by atoms with Crippen molar-refractivity contribution < 1.29 is 4.74 Å². The molecular weight excluding hydrogens is 336 g/mol. The van der Waals surface area contributed by atoms with Crippen LogP contribution in [0.4, 0.5) is 0 Å². The summed E-state index contributed by atoms with van der Waals surface area (Å²) in [6, 6.07) is 10.2. The van der Waals surface area contributed by atoms with Crippen molar-refractivity contribution in [2.45, 2.75) is 52.5 Å². The van der Waals surface area contributed by atoms with Gasteiger partial charge in [-0.3, -0.25) is 0 Å². The van der Waals surface area contributed by atoms with E-state index >= 15 is 0 Å². The van der Waals surface area contributed by atoms with Crippen molar-refractivity contribution in [3.05, 3.63) is 48.3 Å². The van der Waals surface area contributed by atoms with Crippen molar-refractivity contribution in [1.29, 1.82) is 0 Å². The first-order chi connectivity index (χ1) is 13.3. The Hall–Kier alpha value is -1.98. The van der Waals surface area contributed by atoms with E-state index in [1.54, 1.807) is 18.5 Å². The van der Waals surface area contributed by atoms with E-state index in [0.717, 1.165) is 18.8 Å². The fraction of sp³-hybridized carbons (Fsp3) is 0.545. The Balaban J connectivity index is 1.69. The van der Waals surface area contributed by atoms with Crippen LogP contribution in [0.25, 0.3) is 0 Å². The number of nitrogens with zero attached hydrogens (tertiary/aromatic N) is 3. The molecule has 0 aliphatic heterocycles. The Labute approximate surface area is 164 Å². The summed E-state index contributed by atoms with van der Waals surface area (Å²) in [6.07, 6.45) is 9.68. The second-order valence-corrected chi connectivity index (χ2v) is 6.86. The first kappa shape index (κ1) is 21.3. The fourth-order valence-electron chi connectivity index (χ4n) is 2.92. The van der Waals surface area contributed by atoms with Gasteiger partial charge in [-0.15, -0.1) is 0 Å². The molecule has 5 nitrogen and oxygen atoms in total. The van der Waals surface area contributed by atoms with Gasteiger partial charge in [0.25, 0.3) is 0 Å². The zero-order valence-electron chi connectivity index (χ0n) is 16.9. The summed E-state index contributed by atoms with van der Waals surface area (Å²) in [7, 11) is 0. The highest BCUT2D eigenvalue weighted by Crippen LogP contribution is 2.18. The molecule has 27 heavy (non-hydrogen) atoms. The third-order valence-corrected chi connectivity index (χ3v) is 4.46. The molecule has 0 aliphatic carbocycles. The molecule has 1 heterocycles. The van der Waals surface area contributed by atoms with Crippen LogP contribution in [0.3, 0.4) is 0 Å². The van der Waals surface area contributed by atoms with Crippen LogP contribution in [0.2, 0.25) is 0 Å². The molecule has 148 valence electrons. The van der Waals surface area contributed by atoms with Gasteiger partial charge in [-0.25, -0.2) is 9.97 Å². The second kappa shape index (κ2) is 13.2. The summed E-state index contributed by atoms with van der Waals surface area (Å²) in [5, 5.41) is 3.55. The van der Waals surface area contributed by atoms with Crippen LogP contribution in [0.15, 0.2) is 42.7 Å². The topological polar surface area (TPSA) is 50.3 Å². The number of nitrogens with one attached hydrogen (secondary N) is 1. The number of hydrogen-bond donors (Lipinski definition) is 1. The van der Waals surface area contributed by atoms with Crippen LogP contribution >= 0.6 is 0 Å². The summed E-state index contributed by atoms with van der Waals surface area (Å²) in [6.45, 7) is 10.1. The molecule has 0 spiro atoms. The van der Waals surface area contributed by atoms with E-state index < -0.39 is 0 Å². The molecule has 0 saturated carbocycles. The fourth-order valence-corrected chi connectivity index (χ4v) is 2.92. The lowest BCUT2D eigenvalue weighted by Crippen LogP contribution is -2.29. The highest BCUT2D eigenvalue weighted by atomic mass is 16.5. The van der Waals surface area contributed by atoms with Gasteiger partial charge >= 0.3 is 6.01 Å². The van der Waals surface area contributed by atoms with Gasteiger partial charge in [-0.1, -0.05) is 38.8 Å². The monoisotopic (exact) mass is 370 g/mol. The average molecular weight is 371 g/mol. The number of unbranched alkanes of at least 4 members (excludes halogenated alkanes) is 2. The maximum absolute atomic E-state index is 5.70. The van der Waals surface area contributed by atoms with Gasteiger partial charge in [0.2, 0.25) is 0 Å².